The van der Waals surface area contributed by atoms with Gasteiger partial charge >= 0.3 is 5.82 Å². The lowest BCUT2D eigenvalue weighted by molar-refractivity contribution is -0.390. The van der Waals surface area contributed by atoms with Crippen molar-refractivity contribution in [2.75, 3.05) is 0 Å². The normalized spacial score (nSPS) is 10.5. The van der Waals surface area contributed by atoms with Gasteiger partial charge in [0.05, 0.1) is 22.6 Å². The maximum Gasteiger partial charge on any atom is 0.392 e. The summed E-state index contributed by atoms with van der Waals surface area (Å²) in [5, 5.41) is 14.9. The first-order chi connectivity index (χ1) is 8.06. The van der Waals surface area contributed by atoms with Crippen molar-refractivity contribution >= 4 is 17.4 Å². The van der Waals surface area contributed by atoms with E-state index in [1.54, 1.807) is 31.3 Å². The van der Waals surface area contributed by atoms with E-state index in [9.17, 15) is 10.1 Å². The second-order valence-corrected chi connectivity index (χ2v) is 3.93. The highest BCUT2D eigenvalue weighted by atomic mass is 35.5. The Morgan fingerprint density at radius 1 is 1.53 bits per heavy atom. The van der Waals surface area contributed by atoms with Gasteiger partial charge < -0.3 is 10.1 Å². The van der Waals surface area contributed by atoms with Crippen LogP contribution in [0.3, 0.4) is 0 Å². The van der Waals surface area contributed by atoms with Crippen molar-refractivity contribution in [3.05, 3.63) is 50.9 Å². The first kappa shape index (κ1) is 11.5. The van der Waals surface area contributed by atoms with Crippen LogP contribution in [0.5, 0.6) is 0 Å². The molecule has 0 radical (unpaired) electrons. The van der Waals surface area contributed by atoms with Crippen LogP contribution in [0.4, 0.5) is 5.82 Å². The summed E-state index contributed by atoms with van der Waals surface area (Å²) in [7, 11) is 0. The zero-order chi connectivity index (χ0) is 12.4. The molecule has 0 fully saturated rings. The molecule has 0 unspecified atom stereocenters. The Kier molecular flexibility index (Phi) is 3.06. The van der Waals surface area contributed by atoms with Crippen LogP contribution in [0.25, 0.3) is 0 Å². The number of rotatable bonds is 3. The number of pyridine rings is 1. The molecule has 0 amide bonds. The van der Waals surface area contributed by atoms with Crippen LogP contribution >= 0.6 is 11.6 Å². The van der Waals surface area contributed by atoms with Gasteiger partial charge in [0.1, 0.15) is 11.7 Å². The molecule has 0 saturated carbocycles. The highest BCUT2D eigenvalue weighted by molar-refractivity contribution is 6.29. The molecule has 6 nitrogen and oxygen atoms in total. The lowest BCUT2D eigenvalue weighted by Gasteiger charge is -1.97. The number of hydrogen-bond acceptors (Lipinski definition) is 4. The predicted molar refractivity (Wildman–Crippen MR) is 62.0 cm³/mol. The third kappa shape index (κ3) is 2.59. The average Bonchev–Trinajstić information content (AvgIpc) is 2.59. The summed E-state index contributed by atoms with van der Waals surface area (Å²) in [6, 6.07) is 5.23. The molecule has 88 valence electrons. The van der Waals surface area contributed by atoms with Gasteiger partial charge in [-0.25, -0.2) is 4.98 Å². The second kappa shape index (κ2) is 4.50. The fourth-order valence-electron chi connectivity index (χ4n) is 1.48. The Hall–Kier alpha value is -1.95. The van der Waals surface area contributed by atoms with E-state index < -0.39 is 4.92 Å². The molecule has 0 N–H and O–H groups in total. The number of aryl methyl sites for hydroxylation is 1. The molecule has 2 aromatic rings. The molecular formula is C10H9ClN4O2. The van der Waals surface area contributed by atoms with E-state index in [1.807, 2.05) is 0 Å². The van der Waals surface area contributed by atoms with Crippen LogP contribution in [-0.2, 0) is 6.54 Å². The number of nitrogens with zero attached hydrogens (tertiary/aromatic N) is 4. The van der Waals surface area contributed by atoms with E-state index in [1.165, 1.54) is 4.68 Å². The molecule has 2 heterocycles. The van der Waals surface area contributed by atoms with Gasteiger partial charge in [0.2, 0.25) is 0 Å². The molecule has 17 heavy (non-hydrogen) atoms. The summed E-state index contributed by atoms with van der Waals surface area (Å²) in [6.07, 6.45) is 1.61. The van der Waals surface area contributed by atoms with Crippen molar-refractivity contribution in [2.24, 2.45) is 0 Å². The van der Waals surface area contributed by atoms with E-state index >= 15 is 0 Å². The third-order valence-corrected chi connectivity index (χ3v) is 2.40. The molecule has 0 aliphatic carbocycles. The Balaban J connectivity index is 2.25. The average molecular weight is 253 g/mol. The lowest BCUT2D eigenvalue weighted by Crippen LogP contribution is -2.03. The number of halogens is 1. The summed E-state index contributed by atoms with van der Waals surface area (Å²) in [4.78, 5) is 14.2. The molecule has 2 rings (SSSR count). The van der Waals surface area contributed by atoms with Crippen LogP contribution < -0.4 is 0 Å². The van der Waals surface area contributed by atoms with Gasteiger partial charge in [-0.05, 0) is 24.0 Å². The minimum Gasteiger partial charge on any atom is -0.358 e. The van der Waals surface area contributed by atoms with Crippen LogP contribution in [0.1, 0.15) is 11.3 Å². The minimum atomic E-state index is -0.503. The van der Waals surface area contributed by atoms with Gasteiger partial charge in [-0.1, -0.05) is 17.7 Å². The van der Waals surface area contributed by atoms with E-state index in [2.05, 4.69) is 10.1 Å². The molecule has 0 saturated heterocycles. The van der Waals surface area contributed by atoms with Crippen molar-refractivity contribution in [2.45, 2.75) is 13.5 Å². The van der Waals surface area contributed by atoms with E-state index in [0.29, 0.717) is 23.0 Å². The van der Waals surface area contributed by atoms with E-state index in [0.717, 1.165) is 0 Å². The van der Waals surface area contributed by atoms with Crippen molar-refractivity contribution in [1.29, 1.82) is 0 Å². The summed E-state index contributed by atoms with van der Waals surface area (Å²) < 4.78 is 1.48. The van der Waals surface area contributed by atoms with Crippen molar-refractivity contribution in [1.82, 2.24) is 14.8 Å². The van der Waals surface area contributed by atoms with Crippen LogP contribution in [-0.4, -0.2) is 19.7 Å². The molecule has 0 aromatic carbocycles. The number of aromatic nitrogens is 3. The predicted octanol–water partition coefficient (Wildman–Crippen LogP) is 2.20. The summed E-state index contributed by atoms with van der Waals surface area (Å²) in [5.41, 5.74) is 1.23. The van der Waals surface area contributed by atoms with E-state index in [-0.39, 0.29) is 5.82 Å². The monoisotopic (exact) mass is 252 g/mol. The van der Waals surface area contributed by atoms with Gasteiger partial charge in [0.25, 0.3) is 0 Å². The summed E-state index contributed by atoms with van der Waals surface area (Å²) in [6.45, 7) is 2.00. The van der Waals surface area contributed by atoms with Gasteiger partial charge in [0.15, 0.2) is 0 Å². The summed E-state index contributed by atoms with van der Waals surface area (Å²) in [5.74, 6) is -0.132. The molecule has 0 atom stereocenters. The number of nitro groups is 1. The van der Waals surface area contributed by atoms with Gasteiger partial charge in [-0.15, -0.1) is 0 Å². The van der Waals surface area contributed by atoms with Crippen LogP contribution in [0, 0.1) is 17.0 Å². The maximum atomic E-state index is 10.6. The van der Waals surface area contributed by atoms with Crippen molar-refractivity contribution in [3.63, 3.8) is 0 Å². The summed E-state index contributed by atoms with van der Waals surface area (Å²) >= 11 is 5.75. The molecular weight excluding hydrogens is 244 g/mol. The Labute approximate surface area is 102 Å². The minimum absolute atomic E-state index is 0.132. The van der Waals surface area contributed by atoms with E-state index in [4.69, 9.17) is 11.6 Å². The third-order valence-electron chi connectivity index (χ3n) is 2.19. The highest BCUT2D eigenvalue weighted by Crippen LogP contribution is 2.15. The smallest absolute Gasteiger partial charge is 0.358 e. The largest absolute Gasteiger partial charge is 0.392 e. The van der Waals surface area contributed by atoms with Gasteiger partial charge in [-0.2, -0.15) is 4.68 Å². The Bertz CT molecular complexity index is 567. The lowest BCUT2D eigenvalue weighted by atomic mass is 10.3. The Morgan fingerprint density at radius 2 is 2.29 bits per heavy atom. The molecule has 2 aromatic heterocycles. The highest BCUT2D eigenvalue weighted by Gasteiger charge is 2.17. The van der Waals surface area contributed by atoms with Crippen molar-refractivity contribution < 1.29 is 4.92 Å². The second-order valence-electron chi connectivity index (χ2n) is 3.54. The zero-order valence-corrected chi connectivity index (χ0v) is 9.76. The standard InChI is InChI=1S/C10H9ClN4O2/c1-7-5-14(13-10(7)15(16)17)6-8-3-2-4-9(11)12-8/h2-5H,6H2,1H3. The van der Waals surface area contributed by atoms with Crippen LogP contribution in [0.2, 0.25) is 5.15 Å². The fraction of sp³-hybridized carbons (Fsp3) is 0.200. The molecule has 0 spiro atoms. The van der Waals surface area contributed by atoms with Gasteiger partial charge in [-0.3, -0.25) is 0 Å². The topological polar surface area (TPSA) is 73.8 Å². The SMILES string of the molecule is Cc1cn(Cc2cccc(Cl)n2)nc1[N+](=O)[O-]. The molecule has 0 bridgehead atoms. The maximum absolute atomic E-state index is 10.6. The number of hydrogen-bond donors (Lipinski definition) is 0. The molecule has 7 heteroatoms. The fourth-order valence-corrected chi connectivity index (χ4v) is 1.66. The van der Waals surface area contributed by atoms with Crippen LogP contribution in [0.15, 0.2) is 24.4 Å². The zero-order valence-electron chi connectivity index (χ0n) is 9.00. The Morgan fingerprint density at radius 3 is 2.88 bits per heavy atom. The van der Waals surface area contributed by atoms with Crippen molar-refractivity contribution in [3.8, 4) is 0 Å². The molecule has 0 aliphatic rings. The van der Waals surface area contributed by atoms with Gasteiger partial charge in [0, 0.05) is 0 Å². The quantitative estimate of drug-likeness (QED) is 0.477. The first-order valence-corrected chi connectivity index (χ1v) is 5.24. The molecule has 0 aliphatic heterocycles. The first-order valence-electron chi connectivity index (χ1n) is 4.86.